The van der Waals surface area contributed by atoms with Crippen LogP contribution in [0.4, 0.5) is 9.18 Å². The quantitative estimate of drug-likeness (QED) is 0.106. The fourth-order valence-electron chi connectivity index (χ4n) is 8.05. The number of piperidine rings is 1. The van der Waals surface area contributed by atoms with Crippen molar-refractivity contribution >= 4 is 35.4 Å². The predicted molar refractivity (Wildman–Crippen MR) is 234 cm³/mol. The van der Waals surface area contributed by atoms with Gasteiger partial charge in [0.05, 0.1) is 0 Å². The van der Waals surface area contributed by atoms with E-state index < -0.39 is 12.1 Å². The molecule has 0 unspecified atom stereocenters. The summed E-state index contributed by atoms with van der Waals surface area (Å²) in [7, 11) is 0. The number of likely N-dealkylation sites (tertiary alicyclic amines) is 1. The maximum absolute atomic E-state index is 14.9. The van der Waals surface area contributed by atoms with E-state index in [4.69, 9.17) is 21.1 Å². The number of alkyl carbamates (subject to hydrolysis) is 1. The van der Waals surface area contributed by atoms with Gasteiger partial charge in [0.25, 0.3) is 0 Å². The summed E-state index contributed by atoms with van der Waals surface area (Å²) in [6.45, 7) is 6.35. The Labute approximate surface area is 356 Å². The van der Waals surface area contributed by atoms with Gasteiger partial charge in [-0.15, -0.1) is 11.8 Å². The Kier molecular flexibility index (Phi) is 15.0. The fraction of sp³-hybridized carbons (Fsp3) is 0.333. The van der Waals surface area contributed by atoms with Crippen molar-refractivity contribution in [3.63, 3.8) is 0 Å². The predicted octanol–water partition coefficient (Wildman–Crippen LogP) is 9.34. The maximum Gasteiger partial charge on any atom is 0.408 e. The summed E-state index contributed by atoms with van der Waals surface area (Å²) < 4.78 is 26.6. The van der Waals surface area contributed by atoms with Gasteiger partial charge < -0.3 is 24.6 Å². The van der Waals surface area contributed by atoms with Crippen molar-refractivity contribution in [2.75, 3.05) is 52.1 Å². The summed E-state index contributed by atoms with van der Waals surface area (Å²) in [4.78, 5) is 35.5. The highest BCUT2D eigenvalue weighted by Gasteiger charge is 2.36. The molecular formula is C48H52ClFN4O4S. The molecular weight excluding hydrogens is 783 g/mol. The minimum absolute atomic E-state index is 0.0437. The van der Waals surface area contributed by atoms with Crippen molar-refractivity contribution in [1.29, 1.82) is 0 Å². The highest BCUT2D eigenvalue weighted by molar-refractivity contribution is 7.98. The minimum Gasteiger partial charge on any atom is -0.489 e. The molecule has 308 valence electrons. The normalized spacial score (nSPS) is 15.7. The fourth-order valence-corrected chi connectivity index (χ4v) is 8.86. The first-order chi connectivity index (χ1) is 28.8. The lowest BCUT2D eigenvalue weighted by Gasteiger charge is -2.40. The number of carbonyl (C=O) groups excluding carboxylic acids is 2. The summed E-state index contributed by atoms with van der Waals surface area (Å²) in [6.07, 6.45) is 3.71. The van der Waals surface area contributed by atoms with E-state index in [0.29, 0.717) is 36.9 Å². The summed E-state index contributed by atoms with van der Waals surface area (Å²) in [6, 6.07) is 37.7. The first-order valence-electron chi connectivity index (χ1n) is 20.4. The Balaban J connectivity index is 0.977. The van der Waals surface area contributed by atoms with Gasteiger partial charge in [0.2, 0.25) is 5.91 Å². The van der Waals surface area contributed by atoms with Gasteiger partial charge in [-0.05, 0) is 108 Å². The smallest absolute Gasteiger partial charge is 0.408 e. The van der Waals surface area contributed by atoms with Gasteiger partial charge in [0.1, 0.15) is 30.8 Å². The molecule has 2 aliphatic rings. The second kappa shape index (κ2) is 20.9. The van der Waals surface area contributed by atoms with Crippen molar-refractivity contribution in [3.05, 3.63) is 154 Å². The Hall–Kier alpha value is -4.87. The van der Waals surface area contributed by atoms with Crippen LogP contribution in [0.25, 0.3) is 11.1 Å². The number of nitrogens with zero attached hydrogens (tertiary/aromatic N) is 3. The topological polar surface area (TPSA) is 74.3 Å². The molecule has 2 aliphatic heterocycles. The summed E-state index contributed by atoms with van der Waals surface area (Å²) in [5, 5.41) is 3.63. The van der Waals surface area contributed by atoms with E-state index in [1.807, 2.05) is 89.8 Å². The number of thioether (sulfide) groups is 1. The van der Waals surface area contributed by atoms with Crippen LogP contribution >= 0.6 is 23.4 Å². The van der Waals surface area contributed by atoms with E-state index in [2.05, 4.69) is 45.6 Å². The molecule has 0 saturated carbocycles. The van der Waals surface area contributed by atoms with Gasteiger partial charge in [0.15, 0.2) is 0 Å². The number of ether oxygens (including phenoxy) is 2. The van der Waals surface area contributed by atoms with Crippen LogP contribution in [0, 0.1) is 11.7 Å². The molecule has 11 heteroatoms. The number of piperazine rings is 1. The molecule has 0 aromatic heterocycles. The SMILES string of the molecule is CSc1ccccc1CN1CCN(C(=O)[C@H](NC(=O)OCc2ccccc2)C2CCN(CCc3cc(Cl)ccc3-c3cc(F)cc(OCc4ccccc4)c3)CC2)CC1. The first kappa shape index (κ1) is 42.3. The number of halogens is 2. The molecule has 0 aliphatic carbocycles. The molecule has 2 saturated heterocycles. The number of rotatable bonds is 15. The molecule has 5 aromatic carbocycles. The van der Waals surface area contributed by atoms with Gasteiger partial charge in [0, 0.05) is 55.3 Å². The number of hydrogen-bond donors (Lipinski definition) is 1. The molecule has 0 radical (unpaired) electrons. The molecule has 2 heterocycles. The molecule has 2 amide bonds. The Morgan fingerprint density at radius 1 is 0.780 bits per heavy atom. The average Bonchev–Trinajstić information content (AvgIpc) is 3.27. The van der Waals surface area contributed by atoms with E-state index in [1.165, 1.54) is 22.6 Å². The second-order valence-electron chi connectivity index (χ2n) is 15.3. The van der Waals surface area contributed by atoms with E-state index in [0.717, 1.165) is 79.9 Å². The third-order valence-electron chi connectivity index (χ3n) is 11.3. The van der Waals surface area contributed by atoms with Crippen LogP contribution < -0.4 is 10.1 Å². The largest absolute Gasteiger partial charge is 0.489 e. The molecule has 1 N–H and O–H groups in total. The van der Waals surface area contributed by atoms with E-state index >= 15 is 0 Å². The van der Waals surface area contributed by atoms with Crippen molar-refractivity contribution < 1.29 is 23.5 Å². The molecule has 5 aromatic rings. The number of nitrogens with one attached hydrogen (secondary N) is 1. The van der Waals surface area contributed by atoms with Gasteiger partial charge in [-0.2, -0.15) is 0 Å². The van der Waals surface area contributed by atoms with E-state index in [-0.39, 0.29) is 24.2 Å². The van der Waals surface area contributed by atoms with E-state index in [1.54, 1.807) is 11.8 Å². The molecule has 7 rings (SSSR count). The minimum atomic E-state index is -0.685. The van der Waals surface area contributed by atoms with Gasteiger partial charge in [-0.3, -0.25) is 9.69 Å². The Morgan fingerprint density at radius 2 is 1.46 bits per heavy atom. The van der Waals surface area contributed by atoms with Crippen LogP contribution in [0.2, 0.25) is 5.02 Å². The lowest BCUT2D eigenvalue weighted by Crippen LogP contribution is -2.58. The molecule has 0 spiro atoms. The highest BCUT2D eigenvalue weighted by Crippen LogP contribution is 2.32. The zero-order chi connectivity index (χ0) is 41.0. The Bertz CT molecular complexity index is 2150. The van der Waals surface area contributed by atoms with Crippen LogP contribution in [0.5, 0.6) is 5.75 Å². The summed E-state index contributed by atoms with van der Waals surface area (Å²) in [5.41, 5.74) is 5.85. The zero-order valence-corrected chi connectivity index (χ0v) is 35.1. The standard InChI is InChI=1S/C48H52ClFN4O4S/c1-59-45-15-9-8-14-39(45)32-53-24-26-54(27-25-53)47(55)46(51-48(56)58-34-36-12-6-3-7-13-36)37-18-21-52(22-19-37)23-20-38-28-41(49)16-17-44(38)40-29-42(50)31-43(30-40)57-33-35-10-4-2-5-11-35/h2-17,28-31,37,46H,18-27,32-34H2,1H3,(H,51,56)/t46-/m1/s1. The third-order valence-corrected chi connectivity index (χ3v) is 12.4. The average molecular weight is 835 g/mol. The third kappa shape index (κ3) is 11.9. The Morgan fingerprint density at radius 3 is 2.17 bits per heavy atom. The van der Waals surface area contributed by atoms with Crippen molar-refractivity contribution in [1.82, 2.24) is 20.0 Å². The lowest BCUT2D eigenvalue weighted by molar-refractivity contribution is -0.137. The lowest BCUT2D eigenvalue weighted by atomic mass is 9.88. The number of amides is 2. The van der Waals surface area contributed by atoms with Gasteiger partial charge in [-0.1, -0.05) is 96.5 Å². The van der Waals surface area contributed by atoms with E-state index in [9.17, 15) is 14.0 Å². The van der Waals surface area contributed by atoms with Crippen LogP contribution in [0.15, 0.2) is 126 Å². The van der Waals surface area contributed by atoms with Gasteiger partial charge >= 0.3 is 6.09 Å². The van der Waals surface area contributed by atoms with Crippen molar-refractivity contribution in [2.24, 2.45) is 5.92 Å². The molecule has 0 bridgehead atoms. The summed E-state index contributed by atoms with van der Waals surface area (Å²) in [5.74, 6) is 0.00852. The maximum atomic E-state index is 14.9. The number of hydrogen-bond acceptors (Lipinski definition) is 7. The van der Waals surface area contributed by atoms with Crippen LogP contribution in [-0.2, 0) is 35.7 Å². The summed E-state index contributed by atoms with van der Waals surface area (Å²) >= 11 is 8.26. The van der Waals surface area contributed by atoms with Crippen LogP contribution in [0.1, 0.15) is 35.1 Å². The molecule has 2 fully saturated rings. The first-order valence-corrected chi connectivity index (χ1v) is 22.0. The number of carbonyl (C=O) groups is 2. The molecule has 1 atom stereocenters. The van der Waals surface area contributed by atoms with Gasteiger partial charge in [-0.25, -0.2) is 9.18 Å². The number of benzene rings is 5. The molecule has 8 nitrogen and oxygen atoms in total. The van der Waals surface area contributed by atoms with Crippen molar-refractivity contribution in [3.8, 4) is 16.9 Å². The zero-order valence-electron chi connectivity index (χ0n) is 33.5. The second-order valence-corrected chi connectivity index (χ2v) is 16.6. The van der Waals surface area contributed by atoms with Crippen LogP contribution in [-0.4, -0.2) is 84.8 Å². The monoisotopic (exact) mass is 834 g/mol. The van der Waals surface area contributed by atoms with Crippen molar-refractivity contribution in [2.45, 2.75) is 50.0 Å². The van der Waals surface area contributed by atoms with Crippen LogP contribution in [0.3, 0.4) is 0 Å². The highest BCUT2D eigenvalue weighted by atomic mass is 35.5. The molecule has 59 heavy (non-hydrogen) atoms.